The first-order valence-corrected chi connectivity index (χ1v) is 5.28. The quantitative estimate of drug-likeness (QED) is 0.779. The van der Waals surface area contributed by atoms with Crippen LogP contribution in [-0.4, -0.2) is 19.0 Å². The van der Waals surface area contributed by atoms with Gasteiger partial charge in [0.05, 0.1) is 6.26 Å². The fourth-order valence-electron chi connectivity index (χ4n) is 1.89. The molecule has 0 atom stereocenters. The van der Waals surface area contributed by atoms with Crippen LogP contribution >= 0.6 is 0 Å². The summed E-state index contributed by atoms with van der Waals surface area (Å²) >= 11 is 0. The lowest BCUT2D eigenvalue weighted by atomic mass is 9.69. The van der Waals surface area contributed by atoms with E-state index in [2.05, 4.69) is 5.32 Å². The van der Waals surface area contributed by atoms with Gasteiger partial charge in [0.25, 0.3) is 5.91 Å². The molecule has 0 aromatic carbocycles. The Bertz CT molecular complexity index is 323. The van der Waals surface area contributed by atoms with Crippen molar-refractivity contribution in [2.24, 2.45) is 11.1 Å². The molecule has 1 aromatic rings. The Kier molecular flexibility index (Phi) is 2.77. The Morgan fingerprint density at radius 1 is 1.60 bits per heavy atom. The highest BCUT2D eigenvalue weighted by Crippen LogP contribution is 2.39. The third-order valence-corrected chi connectivity index (χ3v) is 3.22. The highest BCUT2D eigenvalue weighted by atomic mass is 16.3. The zero-order valence-corrected chi connectivity index (χ0v) is 8.66. The lowest BCUT2D eigenvalue weighted by Crippen LogP contribution is -2.46. The lowest BCUT2D eigenvalue weighted by Gasteiger charge is -2.40. The van der Waals surface area contributed by atoms with Gasteiger partial charge >= 0.3 is 0 Å². The van der Waals surface area contributed by atoms with Gasteiger partial charge in [0.2, 0.25) is 0 Å². The molecule has 1 amide bonds. The second kappa shape index (κ2) is 4.06. The Labute approximate surface area is 88.8 Å². The van der Waals surface area contributed by atoms with Gasteiger partial charge in [0, 0.05) is 6.54 Å². The van der Waals surface area contributed by atoms with Crippen LogP contribution in [0.3, 0.4) is 0 Å². The van der Waals surface area contributed by atoms with Crippen LogP contribution in [0.5, 0.6) is 0 Å². The highest BCUT2D eigenvalue weighted by molar-refractivity contribution is 5.91. The van der Waals surface area contributed by atoms with Gasteiger partial charge in [-0.3, -0.25) is 4.79 Å². The Morgan fingerprint density at radius 3 is 2.87 bits per heavy atom. The molecule has 2 rings (SSSR count). The van der Waals surface area contributed by atoms with Crippen molar-refractivity contribution < 1.29 is 9.21 Å². The highest BCUT2D eigenvalue weighted by Gasteiger charge is 2.35. The zero-order chi connectivity index (χ0) is 10.7. The number of carbonyl (C=O) groups is 1. The molecule has 0 aliphatic heterocycles. The van der Waals surface area contributed by atoms with E-state index in [4.69, 9.17) is 10.2 Å². The molecule has 0 spiro atoms. The van der Waals surface area contributed by atoms with Gasteiger partial charge in [-0.1, -0.05) is 6.42 Å². The molecule has 1 heterocycles. The molecule has 1 fully saturated rings. The minimum atomic E-state index is -0.153. The number of rotatable bonds is 4. The molecule has 0 bridgehead atoms. The molecular weight excluding hydrogens is 192 g/mol. The first-order valence-electron chi connectivity index (χ1n) is 5.28. The van der Waals surface area contributed by atoms with Gasteiger partial charge in [0.15, 0.2) is 5.76 Å². The molecule has 3 N–H and O–H groups in total. The molecule has 0 unspecified atom stereocenters. The Balaban J connectivity index is 1.85. The average molecular weight is 208 g/mol. The molecule has 4 heteroatoms. The summed E-state index contributed by atoms with van der Waals surface area (Å²) < 4.78 is 5.00. The zero-order valence-electron chi connectivity index (χ0n) is 8.66. The summed E-state index contributed by atoms with van der Waals surface area (Å²) in [7, 11) is 0. The maximum Gasteiger partial charge on any atom is 0.286 e. The number of hydrogen-bond donors (Lipinski definition) is 2. The smallest absolute Gasteiger partial charge is 0.286 e. The fourth-order valence-corrected chi connectivity index (χ4v) is 1.89. The summed E-state index contributed by atoms with van der Waals surface area (Å²) in [6.07, 6.45) is 4.94. The van der Waals surface area contributed by atoms with Crippen molar-refractivity contribution in [3.8, 4) is 0 Å². The summed E-state index contributed by atoms with van der Waals surface area (Å²) in [5.41, 5.74) is 5.84. The number of carbonyl (C=O) groups excluding carboxylic acids is 1. The van der Waals surface area contributed by atoms with E-state index in [0.29, 0.717) is 18.8 Å². The lowest BCUT2D eigenvalue weighted by molar-refractivity contribution is 0.0850. The minimum absolute atomic E-state index is 0.141. The molecular formula is C11H16N2O2. The van der Waals surface area contributed by atoms with Crippen LogP contribution in [0.2, 0.25) is 0 Å². The van der Waals surface area contributed by atoms with Crippen LogP contribution < -0.4 is 11.1 Å². The number of amides is 1. The van der Waals surface area contributed by atoms with E-state index in [0.717, 1.165) is 12.8 Å². The molecule has 1 saturated carbocycles. The number of hydrogen-bond acceptors (Lipinski definition) is 3. The predicted molar refractivity (Wildman–Crippen MR) is 56.4 cm³/mol. The molecule has 82 valence electrons. The van der Waals surface area contributed by atoms with Gasteiger partial charge in [-0.2, -0.15) is 0 Å². The second-order valence-corrected chi connectivity index (χ2v) is 4.22. The summed E-state index contributed by atoms with van der Waals surface area (Å²) in [6.45, 7) is 1.30. The Hall–Kier alpha value is -1.29. The second-order valence-electron chi connectivity index (χ2n) is 4.22. The van der Waals surface area contributed by atoms with Crippen LogP contribution in [0.1, 0.15) is 29.8 Å². The average Bonchev–Trinajstić information content (AvgIpc) is 2.69. The monoisotopic (exact) mass is 208 g/mol. The summed E-state index contributed by atoms with van der Waals surface area (Å²) in [6, 6.07) is 3.36. The van der Waals surface area contributed by atoms with Gasteiger partial charge in [-0.25, -0.2) is 0 Å². The molecule has 1 aromatic heterocycles. The van der Waals surface area contributed by atoms with Crippen molar-refractivity contribution in [2.45, 2.75) is 19.3 Å². The predicted octanol–water partition coefficient (Wildman–Crippen LogP) is 1.14. The maximum absolute atomic E-state index is 11.6. The largest absolute Gasteiger partial charge is 0.459 e. The first kappa shape index (κ1) is 10.2. The molecule has 1 aliphatic carbocycles. The molecule has 1 aliphatic rings. The van der Waals surface area contributed by atoms with Crippen LogP contribution in [-0.2, 0) is 0 Å². The van der Waals surface area contributed by atoms with Crippen LogP contribution in [0.4, 0.5) is 0 Å². The van der Waals surface area contributed by atoms with Crippen molar-refractivity contribution in [2.75, 3.05) is 13.1 Å². The van der Waals surface area contributed by atoms with E-state index in [1.54, 1.807) is 12.1 Å². The minimum Gasteiger partial charge on any atom is -0.459 e. The van der Waals surface area contributed by atoms with Crippen molar-refractivity contribution in [3.63, 3.8) is 0 Å². The Morgan fingerprint density at radius 2 is 2.40 bits per heavy atom. The van der Waals surface area contributed by atoms with Crippen LogP contribution in [0, 0.1) is 5.41 Å². The van der Waals surface area contributed by atoms with Gasteiger partial charge in [-0.05, 0) is 36.9 Å². The molecule has 0 saturated heterocycles. The van der Waals surface area contributed by atoms with E-state index in [1.807, 2.05) is 0 Å². The van der Waals surface area contributed by atoms with E-state index >= 15 is 0 Å². The van der Waals surface area contributed by atoms with Crippen molar-refractivity contribution >= 4 is 5.91 Å². The fraction of sp³-hybridized carbons (Fsp3) is 0.545. The number of nitrogens with one attached hydrogen (secondary N) is 1. The van der Waals surface area contributed by atoms with Gasteiger partial charge < -0.3 is 15.5 Å². The third-order valence-electron chi connectivity index (χ3n) is 3.22. The molecule has 4 nitrogen and oxygen atoms in total. The third kappa shape index (κ3) is 2.04. The molecule has 15 heavy (non-hydrogen) atoms. The van der Waals surface area contributed by atoms with E-state index < -0.39 is 0 Å². The normalized spacial score (nSPS) is 18.2. The van der Waals surface area contributed by atoms with E-state index in [1.165, 1.54) is 12.7 Å². The summed E-state index contributed by atoms with van der Waals surface area (Å²) in [4.78, 5) is 11.6. The first-order chi connectivity index (χ1) is 7.26. The van der Waals surface area contributed by atoms with E-state index in [9.17, 15) is 4.79 Å². The standard InChI is InChI=1S/C11H16N2O2/c12-7-11(4-2-5-11)8-13-10(14)9-3-1-6-15-9/h1,3,6H,2,4-5,7-8,12H2,(H,13,14). The van der Waals surface area contributed by atoms with Crippen molar-refractivity contribution in [3.05, 3.63) is 24.2 Å². The SMILES string of the molecule is NCC1(CNC(=O)c2ccco2)CCC1. The molecule has 0 radical (unpaired) electrons. The van der Waals surface area contributed by atoms with Gasteiger partial charge in [-0.15, -0.1) is 0 Å². The summed E-state index contributed by atoms with van der Waals surface area (Å²) in [5.74, 6) is 0.209. The van der Waals surface area contributed by atoms with Crippen LogP contribution in [0.25, 0.3) is 0 Å². The summed E-state index contributed by atoms with van der Waals surface area (Å²) in [5, 5.41) is 2.87. The topological polar surface area (TPSA) is 68.3 Å². The van der Waals surface area contributed by atoms with Gasteiger partial charge in [0.1, 0.15) is 0 Å². The maximum atomic E-state index is 11.6. The van der Waals surface area contributed by atoms with Crippen LogP contribution in [0.15, 0.2) is 22.8 Å². The van der Waals surface area contributed by atoms with E-state index in [-0.39, 0.29) is 11.3 Å². The van der Waals surface area contributed by atoms with Crippen molar-refractivity contribution in [1.82, 2.24) is 5.32 Å². The number of nitrogens with two attached hydrogens (primary N) is 1. The number of furan rings is 1. The van der Waals surface area contributed by atoms with Crippen molar-refractivity contribution in [1.29, 1.82) is 0 Å².